The van der Waals surface area contributed by atoms with Gasteiger partial charge in [0.2, 0.25) is 0 Å². The number of halogens is 1. The number of rotatable bonds is 2. The Labute approximate surface area is 159 Å². The molecule has 1 N–H and O–H groups in total. The lowest BCUT2D eigenvalue weighted by Crippen LogP contribution is -3.00. The van der Waals surface area contributed by atoms with Crippen LogP contribution in [0.5, 0.6) is 17.2 Å². The van der Waals surface area contributed by atoms with E-state index in [0.717, 1.165) is 41.9 Å². The van der Waals surface area contributed by atoms with Crippen molar-refractivity contribution in [3.63, 3.8) is 0 Å². The fourth-order valence-electron chi connectivity index (χ4n) is 4.47. The molecule has 2 unspecified atom stereocenters. The first kappa shape index (κ1) is 18.1. The van der Waals surface area contributed by atoms with E-state index in [2.05, 4.69) is 19.2 Å². The highest BCUT2D eigenvalue weighted by Crippen LogP contribution is 2.47. The van der Waals surface area contributed by atoms with Crippen LogP contribution in [0.4, 0.5) is 0 Å². The Morgan fingerprint density at radius 3 is 2.56 bits per heavy atom. The van der Waals surface area contributed by atoms with Crippen LogP contribution in [0.25, 0.3) is 0 Å². The number of nitrogens with zero attached hydrogens (tertiary/aromatic N) is 1. The number of ether oxygens (including phenoxy) is 2. The number of phenolic OH excluding ortho intramolecular Hbond substituents is 1. The first-order valence-electron chi connectivity index (χ1n) is 8.44. The summed E-state index contributed by atoms with van der Waals surface area (Å²) < 4.78 is 12.1. The van der Waals surface area contributed by atoms with Gasteiger partial charge in [-0.05, 0) is 29.3 Å². The Kier molecular flexibility index (Phi) is 4.73. The second-order valence-corrected chi connectivity index (χ2v) is 7.15. The minimum absolute atomic E-state index is 0. The lowest BCUT2D eigenvalue weighted by molar-refractivity contribution is -0.956. The maximum absolute atomic E-state index is 9.96. The van der Waals surface area contributed by atoms with Crippen LogP contribution < -0.4 is 26.5 Å². The maximum Gasteiger partial charge on any atom is 0.169 e. The highest BCUT2D eigenvalue weighted by atomic mass is 79.9. The molecule has 0 saturated carbocycles. The van der Waals surface area contributed by atoms with Crippen LogP contribution in [-0.4, -0.2) is 37.4 Å². The maximum atomic E-state index is 9.96. The van der Waals surface area contributed by atoms with Crippen molar-refractivity contribution < 1.29 is 36.0 Å². The number of likely N-dealkylation sites (N-methyl/N-ethyl adjacent to an activating group) is 1. The van der Waals surface area contributed by atoms with Crippen LogP contribution in [0.3, 0.4) is 0 Å². The summed E-state index contributed by atoms with van der Waals surface area (Å²) in [7, 11) is 5.72. The van der Waals surface area contributed by atoms with Crippen molar-refractivity contribution in [3.8, 4) is 17.2 Å². The molecule has 2 atom stereocenters. The van der Waals surface area contributed by atoms with Crippen LogP contribution in [0.2, 0.25) is 0 Å². The minimum atomic E-state index is 0. The first-order chi connectivity index (χ1) is 11.6. The van der Waals surface area contributed by atoms with E-state index in [4.69, 9.17) is 9.47 Å². The van der Waals surface area contributed by atoms with Gasteiger partial charge in [0.25, 0.3) is 0 Å². The summed E-state index contributed by atoms with van der Waals surface area (Å²) in [6.45, 7) is 2.03. The number of hydrogen-bond acceptors (Lipinski definition) is 3. The predicted octanol–water partition coefficient (Wildman–Crippen LogP) is 0.214. The fraction of sp³-hybridized carbons (Fsp3) is 0.400. The van der Waals surface area contributed by atoms with Crippen LogP contribution in [0.1, 0.15) is 28.3 Å². The number of aromatic hydroxyl groups is 1. The van der Waals surface area contributed by atoms with Gasteiger partial charge in [-0.1, -0.05) is 12.1 Å². The molecule has 5 heteroatoms. The number of hydrogen-bond donors (Lipinski definition) is 1. The molecule has 0 saturated heterocycles. The molecule has 0 radical (unpaired) electrons. The van der Waals surface area contributed by atoms with E-state index >= 15 is 0 Å². The Balaban J connectivity index is 0.00000182. The van der Waals surface area contributed by atoms with E-state index in [1.54, 1.807) is 20.3 Å². The molecule has 0 spiro atoms. The molecule has 0 bridgehead atoms. The van der Waals surface area contributed by atoms with E-state index in [9.17, 15) is 5.11 Å². The number of benzene rings is 2. The molecule has 4 nitrogen and oxygen atoms in total. The van der Waals surface area contributed by atoms with Gasteiger partial charge >= 0.3 is 0 Å². The molecule has 25 heavy (non-hydrogen) atoms. The molecule has 2 aromatic carbocycles. The van der Waals surface area contributed by atoms with E-state index in [1.165, 1.54) is 22.3 Å². The van der Waals surface area contributed by atoms with Crippen LogP contribution in [0.15, 0.2) is 30.3 Å². The minimum Gasteiger partial charge on any atom is -1.00 e. The van der Waals surface area contributed by atoms with Crippen LogP contribution >= 0.6 is 0 Å². The second-order valence-electron chi connectivity index (χ2n) is 7.15. The number of methoxy groups -OCH3 is 2. The zero-order chi connectivity index (χ0) is 16.9. The molecule has 0 aliphatic carbocycles. The summed E-state index contributed by atoms with van der Waals surface area (Å²) in [5.41, 5.74) is 5.25. The van der Waals surface area contributed by atoms with E-state index in [-0.39, 0.29) is 17.0 Å². The Hall–Kier alpha value is -1.72. The topological polar surface area (TPSA) is 38.7 Å². The predicted molar refractivity (Wildman–Crippen MR) is 92.6 cm³/mol. The zero-order valence-electron chi connectivity index (χ0n) is 14.9. The van der Waals surface area contributed by atoms with Gasteiger partial charge < -0.3 is 36.0 Å². The molecular weight excluding hydrogens is 382 g/mol. The highest BCUT2D eigenvalue weighted by molar-refractivity contribution is 5.52. The molecule has 134 valence electrons. The summed E-state index contributed by atoms with van der Waals surface area (Å²) in [5, 5.41) is 9.96. The Morgan fingerprint density at radius 2 is 1.84 bits per heavy atom. The third kappa shape index (κ3) is 2.79. The monoisotopic (exact) mass is 405 g/mol. The van der Waals surface area contributed by atoms with Gasteiger partial charge in [-0.2, -0.15) is 0 Å². The molecule has 2 aliphatic rings. The molecule has 0 fully saturated rings. The first-order valence-corrected chi connectivity index (χ1v) is 8.44. The van der Waals surface area contributed by atoms with Crippen molar-refractivity contribution in [2.45, 2.75) is 25.4 Å². The average Bonchev–Trinajstić information content (AvgIpc) is 2.58. The van der Waals surface area contributed by atoms with E-state index < -0.39 is 0 Å². The Morgan fingerprint density at radius 1 is 1.08 bits per heavy atom. The normalized spacial score (nSPS) is 23.6. The van der Waals surface area contributed by atoms with E-state index in [0.29, 0.717) is 11.8 Å². The number of fused-ring (bicyclic) bond motifs is 4. The lowest BCUT2D eigenvalue weighted by Gasteiger charge is -2.49. The summed E-state index contributed by atoms with van der Waals surface area (Å²) in [4.78, 5) is 0. The highest BCUT2D eigenvalue weighted by Gasteiger charge is 2.44. The largest absolute Gasteiger partial charge is 1.00 e. The van der Waals surface area contributed by atoms with Crippen LogP contribution in [-0.2, 0) is 19.4 Å². The van der Waals surface area contributed by atoms with Crippen molar-refractivity contribution in [2.24, 2.45) is 0 Å². The Bertz CT molecular complexity index is 808. The summed E-state index contributed by atoms with van der Waals surface area (Å²) in [6.07, 6.45) is 2.01. The van der Waals surface area contributed by atoms with Crippen molar-refractivity contribution in [1.82, 2.24) is 0 Å². The fourth-order valence-corrected chi connectivity index (χ4v) is 4.47. The van der Waals surface area contributed by atoms with Gasteiger partial charge in [-0.15, -0.1) is 0 Å². The van der Waals surface area contributed by atoms with Crippen LogP contribution in [0, 0.1) is 0 Å². The molecule has 2 aliphatic heterocycles. The summed E-state index contributed by atoms with van der Waals surface area (Å²) in [5.74, 6) is 2.03. The molecule has 2 heterocycles. The molecule has 0 aromatic heterocycles. The van der Waals surface area contributed by atoms with Crippen molar-refractivity contribution in [2.75, 3.05) is 27.8 Å². The van der Waals surface area contributed by atoms with Crippen molar-refractivity contribution >= 4 is 0 Å². The van der Waals surface area contributed by atoms with Gasteiger partial charge in [0.1, 0.15) is 18.3 Å². The van der Waals surface area contributed by atoms with Gasteiger partial charge in [-0.25, -0.2) is 0 Å². The third-order valence-electron chi connectivity index (χ3n) is 5.81. The molecular formula is C20H24BrNO3. The van der Waals surface area contributed by atoms with Crippen molar-refractivity contribution in [1.29, 1.82) is 0 Å². The molecule has 0 amide bonds. The molecule has 2 aromatic rings. The van der Waals surface area contributed by atoms with E-state index in [1.807, 2.05) is 12.1 Å². The number of phenols is 1. The quantitative estimate of drug-likeness (QED) is 0.726. The van der Waals surface area contributed by atoms with Gasteiger partial charge in [-0.3, -0.25) is 0 Å². The van der Waals surface area contributed by atoms with Gasteiger partial charge in [0.15, 0.2) is 11.5 Å². The molecule has 4 rings (SSSR count). The zero-order valence-corrected chi connectivity index (χ0v) is 16.5. The van der Waals surface area contributed by atoms with Gasteiger partial charge in [0.05, 0.1) is 33.4 Å². The summed E-state index contributed by atoms with van der Waals surface area (Å²) in [6, 6.07) is 10.4. The summed E-state index contributed by atoms with van der Waals surface area (Å²) >= 11 is 0. The second kappa shape index (κ2) is 6.54. The van der Waals surface area contributed by atoms with Crippen molar-refractivity contribution in [3.05, 3.63) is 52.6 Å². The average molecular weight is 406 g/mol. The number of quaternary nitrogens is 1. The standard InChI is InChI=1S/C20H23NO3.BrH/c1-21-9-8-13-4-6-15(22)11-16(13)18(21)10-14-5-7-19(23-2)20(24-3)17(14)12-21;/h4-7,11,18H,8-10,12H2,1-3H3;1H. The lowest BCUT2D eigenvalue weighted by atomic mass is 9.81. The third-order valence-corrected chi connectivity index (χ3v) is 5.81. The SMILES string of the molecule is COc1ccc2c(c1OC)C[N+]1(C)CCc3ccc(O)cc3C1C2.[Br-]. The van der Waals surface area contributed by atoms with Gasteiger partial charge in [0, 0.05) is 18.4 Å². The smallest absolute Gasteiger partial charge is 0.169 e.